The summed E-state index contributed by atoms with van der Waals surface area (Å²) in [7, 11) is -1.05. The van der Waals surface area contributed by atoms with E-state index >= 15 is 0 Å². The van der Waals surface area contributed by atoms with E-state index in [2.05, 4.69) is 15.5 Å². The van der Waals surface area contributed by atoms with Gasteiger partial charge in [-0.2, -0.15) is 0 Å². The number of ether oxygens (including phenoxy) is 1. The number of nitrogens with zero attached hydrogens (tertiary/aromatic N) is 3. The van der Waals surface area contributed by atoms with Crippen LogP contribution in [0.3, 0.4) is 0 Å². The van der Waals surface area contributed by atoms with Gasteiger partial charge < -0.3 is 10.1 Å². The number of nitrogens with one attached hydrogen (secondary N) is 1. The first kappa shape index (κ1) is 19.4. The van der Waals surface area contributed by atoms with E-state index in [1.165, 1.54) is 35.3 Å². The lowest BCUT2D eigenvalue weighted by molar-refractivity contribution is -0.119. The number of cyclic esters (lactones) is 1. The highest BCUT2D eigenvalue weighted by Gasteiger charge is 2.32. The highest BCUT2D eigenvalue weighted by molar-refractivity contribution is 7.83. The van der Waals surface area contributed by atoms with Crippen molar-refractivity contribution in [2.24, 2.45) is 0 Å². The van der Waals surface area contributed by atoms with E-state index in [4.69, 9.17) is 4.74 Å². The average Bonchev–Trinajstić information content (AvgIpc) is 3.19. The van der Waals surface area contributed by atoms with Gasteiger partial charge in [0.1, 0.15) is 16.9 Å². The number of amides is 2. The van der Waals surface area contributed by atoms with Crippen LogP contribution in [0.5, 0.6) is 0 Å². The fourth-order valence-corrected chi connectivity index (χ4v) is 4.34. The van der Waals surface area contributed by atoms with Crippen molar-refractivity contribution in [2.45, 2.75) is 18.8 Å². The fraction of sp³-hybridized carbons (Fsp3) is 0.375. The van der Waals surface area contributed by atoms with Gasteiger partial charge in [0.2, 0.25) is 5.91 Å². The molecule has 1 fully saturated rings. The Bertz CT molecular complexity index is 904. The molecule has 0 radical (unpaired) electrons. The number of hydrogen-bond donors (Lipinski definition) is 1. The minimum absolute atomic E-state index is 0.199. The molecule has 0 bridgehead atoms. The SMILES string of the molecule is CC(=O)NCC1CN(c2ccc(-c3nnc(CS(C)=O)s3)c(F)c2)C(=O)O1. The molecule has 2 amide bonds. The van der Waals surface area contributed by atoms with Crippen LogP contribution < -0.4 is 10.2 Å². The fourth-order valence-electron chi connectivity index (χ4n) is 2.54. The zero-order valence-electron chi connectivity index (χ0n) is 14.6. The smallest absolute Gasteiger partial charge is 0.414 e. The van der Waals surface area contributed by atoms with Crippen LogP contribution in [0, 0.1) is 5.82 Å². The molecule has 1 aliphatic rings. The molecule has 8 nitrogen and oxygen atoms in total. The van der Waals surface area contributed by atoms with Crippen molar-refractivity contribution in [2.75, 3.05) is 24.2 Å². The number of carbonyl (C=O) groups is 2. The second-order valence-corrected chi connectivity index (χ2v) is 8.43. The third kappa shape index (κ3) is 4.66. The molecule has 3 rings (SSSR count). The number of benzene rings is 1. The largest absolute Gasteiger partial charge is 0.442 e. The first-order chi connectivity index (χ1) is 12.8. The van der Waals surface area contributed by atoms with E-state index in [1.54, 1.807) is 12.3 Å². The lowest BCUT2D eigenvalue weighted by atomic mass is 10.2. The van der Waals surface area contributed by atoms with Crippen molar-refractivity contribution in [1.82, 2.24) is 15.5 Å². The van der Waals surface area contributed by atoms with E-state index in [9.17, 15) is 18.2 Å². The van der Waals surface area contributed by atoms with E-state index in [0.717, 1.165) is 0 Å². The van der Waals surface area contributed by atoms with Gasteiger partial charge in [0, 0.05) is 29.5 Å². The van der Waals surface area contributed by atoms with Crippen LogP contribution in [0.2, 0.25) is 0 Å². The molecule has 0 spiro atoms. The van der Waals surface area contributed by atoms with E-state index < -0.39 is 28.8 Å². The number of anilines is 1. The Labute approximate surface area is 161 Å². The van der Waals surface area contributed by atoms with E-state index in [1.807, 2.05) is 0 Å². The van der Waals surface area contributed by atoms with Crippen LogP contribution in [-0.4, -0.2) is 51.9 Å². The molecule has 1 N–H and O–H groups in total. The summed E-state index contributed by atoms with van der Waals surface area (Å²) in [6, 6.07) is 4.35. The third-order valence-corrected chi connectivity index (χ3v) is 5.56. The van der Waals surface area contributed by atoms with Crippen molar-refractivity contribution < 1.29 is 22.9 Å². The molecular weight excluding hydrogens is 395 g/mol. The number of halogens is 1. The summed E-state index contributed by atoms with van der Waals surface area (Å²) >= 11 is 1.18. The molecule has 2 unspecified atom stereocenters. The second kappa shape index (κ2) is 8.09. The third-order valence-electron chi connectivity index (χ3n) is 3.74. The van der Waals surface area contributed by atoms with Crippen LogP contribution >= 0.6 is 11.3 Å². The van der Waals surface area contributed by atoms with E-state index in [-0.39, 0.29) is 30.3 Å². The summed E-state index contributed by atoms with van der Waals surface area (Å²) in [4.78, 5) is 24.3. The molecule has 2 aromatic rings. The Kier molecular flexibility index (Phi) is 5.80. The average molecular weight is 412 g/mol. The molecule has 11 heteroatoms. The van der Waals surface area contributed by atoms with Crippen LogP contribution in [0.25, 0.3) is 10.6 Å². The summed E-state index contributed by atoms with van der Waals surface area (Å²) in [5.74, 6) is -0.499. The van der Waals surface area contributed by atoms with Gasteiger partial charge >= 0.3 is 6.09 Å². The van der Waals surface area contributed by atoms with Crippen LogP contribution in [0.1, 0.15) is 11.9 Å². The summed E-state index contributed by atoms with van der Waals surface area (Å²) < 4.78 is 31.0. The quantitative estimate of drug-likeness (QED) is 0.775. The first-order valence-corrected chi connectivity index (χ1v) is 10.5. The van der Waals surface area contributed by atoms with Crippen LogP contribution in [0.15, 0.2) is 18.2 Å². The maximum absolute atomic E-state index is 14.6. The van der Waals surface area contributed by atoms with Gasteiger partial charge in [-0.15, -0.1) is 10.2 Å². The standard InChI is InChI=1S/C16H17FN4O4S2/c1-9(22)18-6-11-7-21(16(23)25-11)10-3-4-12(13(17)5-10)15-20-19-14(26-15)8-27(2)24/h3-5,11H,6-8H2,1-2H3,(H,18,22). The predicted octanol–water partition coefficient (Wildman–Crippen LogP) is 1.68. The zero-order valence-corrected chi connectivity index (χ0v) is 16.2. The molecule has 2 atom stereocenters. The molecule has 1 saturated heterocycles. The second-order valence-electron chi connectivity index (χ2n) is 5.94. The Morgan fingerprint density at radius 1 is 1.48 bits per heavy atom. The van der Waals surface area contributed by atoms with Crippen LogP contribution in [0.4, 0.5) is 14.9 Å². The van der Waals surface area contributed by atoms with E-state index in [0.29, 0.717) is 15.7 Å². The molecule has 0 aliphatic carbocycles. The number of carbonyl (C=O) groups excluding carboxylic acids is 2. The van der Waals surface area contributed by atoms with Gasteiger partial charge in [0.25, 0.3) is 0 Å². The van der Waals surface area contributed by atoms with Gasteiger partial charge in [0.05, 0.1) is 24.5 Å². The Hall–Kier alpha value is -2.40. The number of hydrogen-bond acceptors (Lipinski definition) is 7. The van der Waals surface area contributed by atoms with Crippen molar-refractivity contribution >= 4 is 39.8 Å². The Morgan fingerprint density at radius 3 is 2.93 bits per heavy atom. The summed E-state index contributed by atoms with van der Waals surface area (Å²) in [6.45, 7) is 1.79. The predicted molar refractivity (Wildman–Crippen MR) is 99.4 cm³/mol. The molecule has 0 saturated carbocycles. The van der Waals surface area contributed by atoms with Crippen molar-refractivity contribution in [3.63, 3.8) is 0 Å². The highest BCUT2D eigenvalue weighted by Crippen LogP contribution is 2.31. The number of rotatable bonds is 6. The maximum Gasteiger partial charge on any atom is 0.414 e. The topological polar surface area (TPSA) is 101 Å². The molecule has 1 aromatic heterocycles. The summed E-state index contributed by atoms with van der Waals surface area (Å²) in [5, 5.41) is 11.4. The lowest BCUT2D eigenvalue weighted by Crippen LogP contribution is -2.33. The van der Waals surface area contributed by atoms with Gasteiger partial charge in [-0.3, -0.25) is 13.9 Å². The molecule has 144 valence electrons. The van der Waals surface area contributed by atoms with Gasteiger partial charge in [-0.05, 0) is 18.2 Å². The molecular formula is C16H17FN4O4S2. The lowest BCUT2D eigenvalue weighted by Gasteiger charge is -2.14. The van der Waals surface area contributed by atoms with Crippen molar-refractivity contribution in [3.8, 4) is 10.6 Å². The maximum atomic E-state index is 14.6. The molecule has 1 aliphatic heterocycles. The minimum atomic E-state index is -1.05. The van der Waals surface area contributed by atoms with Crippen LogP contribution in [-0.2, 0) is 26.1 Å². The van der Waals surface area contributed by atoms with Crippen molar-refractivity contribution in [1.29, 1.82) is 0 Å². The number of aromatic nitrogens is 2. The van der Waals surface area contributed by atoms with Gasteiger partial charge in [0.15, 0.2) is 5.01 Å². The molecule has 2 heterocycles. The molecule has 27 heavy (non-hydrogen) atoms. The normalized spacial score (nSPS) is 17.7. The zero-order chi connectivity index (χ0) is 19.6. The minimum Gasteiger partial charge on any atom is -0.442 e. The highest BCUT2D eigenvalue weighted by atomic mass is 32.2. The Morgan fingerprint density at radius 2 is 2.26 bits per heavy atom. The molecule has 1 aromatic carbocycles. The van der Waals surface area contributed by atoms with Crippen molar-refractivity contribution in [3.05, 3.63) is 29.0 Å². The van der Waals surface area contributed by atoms with Gasteiger partial charge in [-0.25, -0.2) is 9.18 Å². The van der Waals surface area contributed by atoms with Gasteiger partial charge in [-0.1, -0.05) is 11.3 Å². The summed E-state index contributed by atoms with van der Waals surface area (Å²) in [5.41, 5.74) is 0.609. The monoisotopic (exact) mass is 412 g/mol. The first-order valence-electron chi connectivity index (χ1n) is 7.98. The Balaban J connectivity index is 1.75. The summed E-state index contributed by atoms with van der Waals surface area (Å²) in [6.07, 6.45) is 0.469.